The van der Waals surface area contributed by atoms with Crippen LogP contribution in [0.25, 0.3) is 0 Å². The molecular formula is C21H21ClN4O2. The molecule has 2 N–H and O–H groups in total. The van der Waals surface area contributed by atoms with Gasteiger partial charge in [-0.05, 0) is 63.2 Å². The van der Waals surface area contributed by atoms with Gasteiger partial charge in [0.2, 0.25) is 5.95 Å². The third kappa shape index (κ3) is 5.20. The number of anilines is 3. The Morgan fingerprint density at radius 1 is 1.07 bits per heavy atom. The summed E-state index contributed by atoms with van der Waals surface area (Å²) in [6.07, 6.45) is -0.00507. The highest BCUT2D eigenvalue weighted by atomic mass is 35.5. The average molecular weight is 397 g/mol. The molecule has 1 amide bonds. The van der Waals surface area contributed by atoms with Crippen LogP contribution in [0, 0.1) is 6.92 Å². The van der Waals surface area contributed by atoms with Crippen molar-refractivity contribution in [2.45, 2.75) is 26.9 Å². The van der Waals surface area contributed by atoms with Gasteiger partial charge in [-0.25, -0.2) is 9.97 Å². The monoisotopic (exact) mass is 396 g/mol. The minimum Gasteiger partial charge on any atom is -0.489 e. The lowest BCUT2D eigenvalue weighted by atomic mass is 10.2. The summed E-state index contributed by atoms with van der Waals surface area (Å²) in [7, 11) is 0. The maximum Gasteiger partial charge on any atom is 0.274 e. The number of carbonyl (C=O) groups excluding carboxylic acids is 1. The third-order valence-corrected chi connectivity index (χ3v) is 3.94. The van der Waals surface area contributed by atoms with Crippen molar-refractivity contribution in [1.82, 2.24) is 9.97 Å². The molecule has 0 fully saturated rings. The predicted molar refractivity (Wildman–Crippen MR) is 112 cm³/mol. The van der Waals surface area contributed by atoms with Gasteiger partial charge in [-0.2, -0.15) is 0 Å². The van der Waals surface area contributed by atoms with E-state index in [-0.39, 0.29) is 17.7 Å². The largest absolute Gasteiger partial charge is 0.489 e. The lowest BCUT2D eigenvalue weighted by molar-refractivity contribution is 0.102. The molecule has 2 aromatic carbocycles. The van der Waals surface area contributed by atoms with Crippen LogP contribution in [0.3, 0.4) is 0 Å². The van der Waals surface area contributed by atoms with Crippen LogP contribution in [0.1, 0.15) is 30.0 Å². The summed E-state index contributed by atoms with van der Waals surface area (Å²) in [4.78, 5) is 21.4. The Labute approximate surface area is 168 Å². The second-order valence-corrected chi connectivity index (χ2v) is 6.90. The minimum absolute atomic E-state index is 0.00507. The van der Waals surface area contributed by atoms with E-state index < -0.39 is 0 Å². The molecule has 7 heteroatoms. The zero-order valence-corrected chi connectivity index (χ0v) is 16.6. The van der Waals surface area contributed by atoms with E-state index in [1.807, 2.05) is 44.2 Å². The third-order valence-electron chi connectivity index (χ3n) is 3.69. The Kier molecular flexibility index (Phi) is 6.11. The number of para-hydroxylation sites is 2. The van der Waals surface area contributed by atoms with Crippen LogP contribution in [-0.4, -0.2) is 22.0 Å². The standard InChI is InChI=1S/C21H21ClN4O2/c1-13(2)28-19-7-5-4-6-17(19)25-20(27)18-12-14(3)23-21(26-18)24-16-10-8-15(22)9-11-16/h4-13H,1-3H3,(H,25,27)(H,23,24,26). The first kappa shape index (κ1) is 19.6. The van der Waals surface area contributed by atoms with Crippen LogP contribution >= 0.6 is 11.6 Å². The SMILES string of the molecule is Cc1cc(C(=O)Nc2ccccc2OC(C)C)nc(Nc2ccc(Cl)cc2)n1. The van der Waals surface area contributed by atoms with Crippen molar-refractivity contribution < 1.29 is 9.53 Å². The number of nitrogens with one attached hydrogen (secondary N) is 2. The summed E-state index contributed by atoms with van der Waals surface area (Å²) in [5, 5.41) is 6.58. The van der Waals surface area contributed by atoms with Crippen molar-refractivity contribution in [1.29, 1.82) is 0 Å². The van der Waals surface area contributed by atoms with Crippen molar-refractivity contribution in [2.24, 2.45) is 0 Å². The molecular weight excluding hydrogens is 376 g/mol. The fourth-order valence-corrected chi connectivity index (χ4v) is 2.64. The smallest absolute Gasteiger partial charge is 0.274 e. The number of halogens is 1. The van der Waals surface area contributed by atoms with E-state index in [9.17, 15) is 4.79 Å². The van der Waals surface area contributed by atoms with Crippen molar-refractivity contribution in [3.63, 3.8) is 0 Å². The van der Waals surface area contributed by atoms with Gasteiger partial charge in [-0.15, -0.1) is 0 Å². The summed E-state index contributed by atoms with van der Waals surface area (Å²) < 4.78 is 5.75. The number of amides is 1. The average Bonchev–Trinajstić information content (AvgIpc) is 2.64. The molecule has 0 atom stereocenters. The molecule has 0 aliphatic rings. The molecule has 0 unspecified atom stereocenters. The van der Waals surface area contributed by atoms with E-state index >= 15 is 0 Å². The molecule has 0 spiro atoms. The summed E-state index contributed by atoms with van der Waals surface area (Å²) in [5.41, 5.74) is 2.29. The first-order valence-electron chi connectivity index (χ1n) is 8.86. The van der Waals surface area contributed by atoms with Crippen LogP contribution in [0.2, 0.25) is 5.02 Å². The molecule has 0 bridgehead atoms. The van der Waals surface area contributed by atoms with E-state index in [4.69, 9.17) is 16.3 Å². The van der Waals surface area contributed by atoms with Gasteiger partial charge in [0.15, 0.2) is 0 Å². The van der Waals surface area contributed by atoms with Crippen molar-refractivity contribution in [3.8, 4) is 5.75 Å². The lowest BCUT2D eigenvalue weighted by Gasteiger charge is -2.15. The molecule has 0 aliphatic heterocycles. The van der Waals surface area contributed by atoms with E-state index in [0.717, 1.165) is 5.69 Å². The number of ether oxygens (including phenoxy) is 1. The van der Waals surface area contributed by atoms with Crippen LogP contribution in [0.5, 0.6) is 5.75 Å². The minimum atomic E-state index is -0.343. The molecule has 6 nitrogen and oxygen atoms in total. The topological polar surface area (TPSA) is 76.1 Å². The number of aryl methyl sites for hydroxylation is 1. The lowest BCUT2D eigenvalue weighted by Crippen LogP contribution is -2.17. The van der Waals surface area contributed by atoms with Gasteiger partial charge in [-0.3, -0.25) is 4.79 Å². The van der Waals surface area contributed by atoms with Gasteiger partial charge in [0.25, 0.3) is 5.91 Å². The van der Waals surface area contributed by atoms with E-state index in [1.165, 1.54) is 0 Å². The van der Waals surface area contributed by atoms with Crippen molar-refractivity contribution in [2.75, 3.05) is 10.6 Å². The molecule has 1 heterocycles. The van der Waals surface area contributed by atoms with Crippen LogP contribution in [0.4, 0.5) is 17.3 Å². The normalized spacial score (nSPS) is 10.6. The van der Waals surface area contributed by atoms with Gasteiger partial charge >= 0.3 is 0 Å². The maximum absolute atomic E-state index is 12.8. The molecule has 3 rings (SSSR count). The maximum atomic E-state index is 12.8. The van der Waals surface area contributed by atoms with Gasteiger partial charge in [0.05, 0.1) is 11.8 Å². The number of hydrogen-bond acceptors (Lipinski definition) is 5. The highest BCUT2D eigenvalue weighted by Crippen LogP contribution is 2.25. The molecule has 1 aromatic heterocycles. The van der Waals surface area contributed by atoms with Crippen LogP contribution in [0.15, 0.2) is 54.6 Å². The Bertz CT molecular complexity index is 974. The second kappa shape index (κ2) is 8.71. The summed E-state index contributed by atoms with van der Waals surface area (Å²) in [5.74, 6) is 0.597. The molecule has 0 aliphatic carbocycles. The molecule has 0 saturated heterocycles. The molecule has 0 saturated carbocycles. The number of carbonyl (C=O) groups is 1. The quantitative estimate of drug-likeness (QED) is 0.597. The van der Waals surface area contributed by atoms with Crippen molar-refractivity contribution in [3.05, 3.63) is 71.0 Å². The van der Waals surface area contributed by atoms with Crippen LogP contribution in [-0.2, 0) is 0 Å². The molecule has 144 valence electrons. The molecule has 3 aromatic rings. The predicted octanol–water partition coefficient (Wildman–Crippen LogP) is 5.22. The number of nitrogens with zero attached hydrogens (tertiary/aromatic N) is 2. The number of benzene rings is 2. The number of aromatic nitrogens is 2. The Balaban J connectivity index is 1.81. The highest BCUT2D eigenvalue weighted by molar-refractivity contribution is 6.30. The Morgan fingerprint density at radius 3 is 2.50 bits per heavy atom. The van der Waals surface area contributed by atoms with Gasteiger partial charge in [-0.1, -0.05) is 23.7 Å². The second-order valence-electron chi connectivity index (χ2n) is 6.47. The van der Waals surface area contributed by atoms with E-state index in [2.05, 4.69) is 20.6 Å². The van der Waals surface area contributed by atoms with Crippen molar-refractivity contribution >= 4 is 34.8 Å². The van der Waals surface area contributed by atoms with Gasteiger partial charge in [0.1, 0.15) is 11.4 Å². The zero-order valence-electron chi connectivity index (χ0n) is 15.9. The highest BCUT2D eigenvalue weighted by Gasteiger charge is 2.14. The number of hydrogen-bond donors (Lipinski definition) is 2. The Morgan fingerprint density at radius 2 is 1.79 bits per heavy atom. The summed E-state index contributed by atoms with van der Waals surface area (Å²) in [6, 6.07) is 16.1. The Hall–Kier alpha value is -3.12. The zero-order chi connectivity index (χ0) is 20.1. The van der Waals surface area contributed by atoms with E-state index in [1.54, 1.807) is 31.2 Å². The fraction of sp³-hybridized carbons (Fsp3) is 0.190. The van der Waals surface area contributed by atoms with Gasteiger partial charge in [0, 0.05) is 16.4 Å². The van der Waals surface area contributed by atoms with E-state index in [0.29, 0.717) is 28.1 Å². The molecule has 0 radical (unpaired) electrons. The first-order valence-corrected chi connectivity index (χ1v) is 9.24. The first-order chi connectivity index (χ1) is 13.4. The summed E-state index contributed by atoms with van der Waals surface area (Å²) >= 11 is 5.91. The fourth-order valence-electron chi connectivity index (χ4n) is 2.52. The molecule has 28 heavy (non-hydrogen) atoms. The summed E-state index contributed by atoms with van der Waals surface area (Å²) in [6.45, 7) is 5.67. The number of rotatable bonds is 6. The van der Waals surface area contributed by atoms with Crippen LogP contribution < -0.4 is 15.4 Å². The van der Waals surface area contributed by atoms with Gasteiger partial charge < -0.3 is 15.4 Å².